The lowest BCUT2D eigenvalue weighted by Crippen LogP contribution is -2.62. The first-order valence-corrected chi connectivity index (χ1v) is 10.2. The molecule has 0 bridgehead atoms. The summed E-state index contributed by atoms with van der Waals surface area (Å²) in [5.41, 5.74) is 0.743. The molecule has 2 saturated heterocycles. The Hall–Kier alpha value is -2.41. The Morgan fingerprint density at radius 1 is 1.17 bits per heavy atom. The van der Waals surface area contributed by atoms with Gasteiger partial charge in [0.1, 0.15) is 22.5 Å². The molecule has 2 aliphatic heterocycles. The van der Waals surface area contributed by atoms with Crippen molar-refractivity contribution in [2.45, 2.75) is 33.1 Å². The van der Waals surface area contributed by atoms with Crippen LogP contribution in [0.5, 0.6) is 0 Å². The highest BCUT2D eigenvalue weighted by atomic mass is 35.5. The molecule has 29 heavy (non-hydrogen) atoms. The third kappa shape index (κ3) is 3.64. The SMILES string of the molecule is CCc1cc(C(=O)N2CCC3(CC2)CN(C(=O)c2cc(F)cnc2Cl)C3)c(C)o1. The molecule has 0 N–H and O–H groups in total. The Balaban J connectivity index is 1.36. The first-order valence-electron chi connectivity index (χ1n) is 9.81. The molecule has 0 aliphatic carbocycles. The van der Waals surface area contributed by atoms with Crippen molar-refractivity contribution in [2.75, 3.05) is 26.2 Å². The number of piperidine rings is 1. The van der Waals surface area contributed by atoms with Crippen LogP contribution in [0, 0.1) is 18.2 Å². The molecule has 0 atom stereocenters. The van der Waals surface area contributed by atoms with Gasteiger partial charge in [-0.3, -0.25) is 9.59 Å². The zero-order valence-corrected chi connectivity index (χ0v) is 17.3. The molecule has 4 rings (SSSR count). The van der Waals surface area contributed by atoms with E-state index in [0.717, 1.165) is 37.3 Å². The number of hydrogen-bond acceptors (Lipinski definition) is 4. The fourth-order valence-corrected chi connectivity index (χ4v) is 4.44. The number of carbonyl (C=O) groups excluding carboxylic acids is 2. The van der Waals surface area contributed by atoms with E-state index in [-0.39, 0.29) is 27.9 Å². The Morgan fingerprint density at radius 3 is 2.45 bits per heavy atom. The fourth-order valence-electron chi connectivity index (χ4n) is 4.25. The summed E-state index contributed by atoms with van der Waals surface area (Å²) >= 11 is 5.95. The van der Waals surface area contributed by atoms with Crippen molar-refractivity contribution >= 4 is 23.4 Å². The van der Waals surface area contributed by atoms with Gasteiger partial charge in [-0.25, -0.2) is 9.37 Å². The minimum Gasteiger partial charge on any atom is -0.466 e. The van der Waals surface area contributed by atoms with Gasteiger partial charge in [-0.15, -0.1) is 0 Å². The molecule has 6 nitrogen and oxygen atoms in total. The zero-order valence-electron chi connectivity index (χ0n) is 16.5. The minimum atomic E-state index is -0.583. The minimum absolute atomic E-state index is 0.00525. The number of aryl methyl sites for hydroxylation is 2. The normalized spacial score (nSPS) is 18.1. The molecular weight excluding hydrogens is 397 g/mol. The van der Waals surface area contributed by atoms with E-state index in [4.69, 9.17) is 16.0 Å². The molecule has 154 valence electrons. The van der Waals surface area contributed by atoms with E-state index in [0.29, 0.717) is 37.5 Å². The smallest absolute Gasteiger partial charge is 0.257 e. The molecule has 2 amide bonds. The van der Waals surface area contributed by atoms with Gasteiger partial charge < -0.3 is 14.2 Å². The second kappa shape index (κ2) is 7.44. The van der Waals surface area contributed by atoms with E-state index in [1.165, 1.54) is 0 Å². The Morgan fingerprint density at radius 2 is 1.83 bits per heavy atom. The maximum atomic E-state index is 13.4. The number of furan rings is 1. The largest absolute Gasteiger partial charge is 0.466 e. The highest BCUT2D eigenvalue weighted by Gasteiger charge is 2.47. The Labute approximate surface area is 173 Å². The van der Waals surface area contributed by atoms with Gasteiger partial charge >= 0.3 is 0 Å². The number of pyridine rings is 1. The maximum Gasteiger partial charge on any atom is 0.257 e. The van der Waals surface area contributed by atoms with Crippen LogP contribution in [0.4, 0.5) is 4.39 Å². The quantitative estimate of drug-likeness (QED) is 0.711. The van der Waals surface area contributed by atoms with Gasteiger partial charge in [0.25, 0.3) is 11.8 Å². The van der Waals surface area contributed by atoms with Crippen molar-refractivity contribution in [1.29, 1.82) is 0 Å². The molecule has 1 spiro atoms. The van der Waals surface area contributed by atoms with E-state index in [1.807, 2.05) is 24.8 Å². The second-order valence-electron chi connectivity index (χ2n) is 7.98. The van der Waals surface area contributed by atoms with Crippen LogP contribution in [0.2, 0.25) is 5.15 Å². The van der Waals surface area contributed by atoms with Crippen LogP contribution in [0.15, 0.2) is 22.7 Å². The zero-order chi connectivity index (χ0) is 20.8. The summed E-state index contributed by atoms with van der Waals surface area (Å²) in [5.74, 6) is 0.601. The predicted octanol–water partition coefficient (Wildman–Crippen LogP) is 3.72. The third-order valence-electron chi connectivity index (χ3n) is 6.03. The predicted molar refractivity (Wildman–Crippen MR) is 106 cm³/mol. The number of amides is 2. The molecule has 8 heteroatoms. The van der Waals surface area contributed by atoms with Crippen LogP contribution in [-0.4, -0.2) is 52.8 Å². The van der Waals surface area contributed by atoms with Crippen molar-refractivity contribution in [3.05, 3.63) is 51.9 Å². The van der Waals surface area contributed by atoms with Gasteiger partial charge in [0.2, 0.25) is 0 Å². The summed E-state index contributed by atoms with van der Waals surface area (Å²) in [4.78, 5) is 32.7. The standard InChI is InChI=1S/C21H23ClFN3O3/c1-3-15-9-16(13(2)29-15)19(27)25-6-4-21(5-7-25)11-26(12-21)20(28)17-8-14(23)10-24-18(17)22/h8-10H,3-7,11-12H2,1-2H3. The average Bonchev–Trinajstić information content (AvgIpc) is 3.08. The first kappa shape index (κ1) is 19.9. The van der Waals surface area contributed by atoms with Crippen LogP contribution in [0.25, 0.3) is 0 Å². The lowest BCUT2D eigenvalue weighted by atomic mass is 9.71. The van der Waals surface area contributed by atoms with Crippen LogP contribution < -0.4 is 0 Å². The molecular formula is C21H23ClFN3O3. The van der Waals surface area contributed by atoms with E-state index in [1.54, 1.807) is 4.90 Å². The number of likely N-dealkylation sites (tertiary alicyclic amines) is 2. The van der Waals surface area contributed by atoms with Crippen molar-refractivity contribution in [1.82, 2.24) is 14.8 Å². The number of hydrogen-bond donors (Lipinski definition) is 0. The highest BCUT2D eigenvalue weighted by Crippen LogP contribution is 2.41. The molecule has 0 unspecified atom stereocenters. The van der Waals surface area contributed by atoms with Gasteiger partial charge in [-0.2, -0.15) is 0 Å². The number of nitrogens with zero attached hydrogens (tertiary/aromatic N) is 3. The van der Waals surface area contributed by atoms with Gasteiger partial charge in [0.15, 0.2) is 0 Å². The van der Waals surface area contributed by atoms with Gasteiger partial charge in [0.05, 0.1) is 17.3 Å². The lowest BCUT2D eigenvalue weighted by molar-refractivity contribution is -0.0288. The Kier molecular flexibility index (Phi) is 5.11. The summed E-state index contributed by atoms with van der Waals surface area (Å²) < 4.78 is 19.0. The average molecular weight is 420 g/mol. The summed E-state index contributed by atoms with van der Waals surface area (Å²) in [6.07, 6.45) is 3.41. The molecule has 2 aromatic heterocycles. The molecule has 2 aromatic rings. The van der Waals surface area contributed by atoms with E-state index in [2.05, 4.69) is 4.98 Å². The lowest BCUT2D eigenvalue weighted by Gasteiger charge is -2.54. The van der Waals surface area contributed by atoms with Crippen molar-refractivity contribution in [2.24, 2.45) is 5.41 Å². The molecule has 2 fully saturated rings. The van der Waals surface area contributed by atoms with Gasteiger partial charge in [-0.1, -0.05) is 18.5 Å². The number of aromatic nitrogens is 1. The summed E-state index contributed by atoms with van der Waals surface area (Å²) in [7, 11) is 0. The van der Waals surface area contributed by atoms with Crippen molar-refractivity contribution in [3.63, 3.8) is 0 Å². The number of carbonyl (C=O) groups is 2. The van der Waals surface area contributed by atoms with Crippen LogP contribution in [0.1, 0.15) is 52.0 Å². The van der Waals surface area contributed by atoms with Crippen molar-refractivity contribution < 1.29 is 18.4 Å². The summed E-state index contributed by atoms with van der Waals surface area (Å²) in [6.45, 7) is 6.29. The van der Waals surface area contributed by atoms with E-state index >= 15 is 0 Å². The highest BCUT2D eigenvalue weighted by molar-refractivity contribution is 6.32. The van der Waals surface area contributed by atoms with Crippen LogP contribution >= 0.6 is 11.6 Å². The topological polar surface area (TPSA) is 66.7 Å². The number of halogens is 2. The van der Waals surface area contributed by atoms with Gasteiger partial charge in [0, 0.05) is 38.0 Å². The van der Waals surface area contributed by atoms with Crippen LogP contribution in [0.3, 0.4) is 0 Å². The molecule has 2 aliphatic rings. The van der Waals surface area contributed by atoms with Crippen LogP contribution in [-0.2, 0) is 6.42 Å². The second-order valence-corrected chi connectivity index (χ2v) is 8.34. The first-order chi connectivity index (χ1) is 13.8. The summed E-state index contributed by atoms with van der Waals surface area (Å²) in [5, 5.41) is 0.0136. The Bertz CT molecular complexity index is 958. The fraction of sp³-hybridized carbons (Fsp3) is 0.476. The maximum absolute atomic E-state index is 13.4. The molecule has 0 saturated carbocycles. The number of rotatable bonds is 3. The van der Waals surface area contributed by atoms with E-state index < -0.39 is 5.82 Å². The molecule has 4 heterocycles. The molecule has 0 aromatic carbocycles. The monoisotopic (exact) mass is 419 g/mol. The molecule has 0 radical (unpaired) electrons. The van der Waals surface area contributed by atoms with E-state index in [9.17, 15) is 14.0 Å². The van der Waals surface area contributed by atoms with Gasteiger partial charge in [-0.05, 0) is 31.9 Å². The third-order valence-corrected chi connectivity index (χ3v) is 6.34. The summed E-state index contributed by atoms with van der Waals surface area (Å²) in [6, 6.07) is 2.96. The van der Waals surface area contributed by atoms with Crippen molar-refractivity contribution in [3.8, 4) is 0 Å².